The molecule has 2 aromatic carbocycles. The van der Waals surface area contributed by atoms with Gasteiger partial charge in [0.15, 0.2) is 11.6 Å². The summed E-state index contributed by atoms with van der Waals surface area (Å²) in [6.45, 7) is 0. The van der Waals surface area contributed by atoms with E-state index in [0.717, 1.165) is 11.0 Å². The Labute approximate surface area is 186 Å². The van der Waals surface area contributed by atoms with Gasteiger partial charge in [0.1, 0.15) is 5.69 Å². The van der Waals surface area contributed by atoms with Crippen molar-refractivity contribution >= 4 is 28.5 Å². The van der Waals surface area contributed by atoms with Gasteiger partial charge in [-0.2, -0.15) is 0 Å². The molecule has 0 spiro atoms. The van der Waals surface area contributed by atoms with E-state index in [0.29, 0.717) is 34.1 Å². The van der Waals surface area contributed by atoms with Crippen LogP contribution in [0, 0.1) is 0 Å². The lowest BCUT2D eigenvalue weighted by atomic mass is 10.2. The van der Waals surface area contributed by atoms with Crippen molar-refractivity contribution in [3.63, 3.8) is 0 Å². The van der Waals surface area contributed by atoms with Crippen molar-refractivity contribution in [2.45, 2.75) is 0 Å². The Bertz CT molecular complexity index is 1320. The molecule has 2 amide bonds. The zero-order valence-corrected chi connectivity index (χ0v) is 18.7. The van der Waals surface area contributed by atoms with Crippen LogP contribution in [0.3, 0.4) is 0 Å². The molecule has 4 rings (SSSR count). The monoisotopic (exact) mass is 431 g/mol. The summed E-state index contributed by atoms with van der Waals surface area (Å²) in [6.07, 6.45) is 1.75. The van der Waals surface area contributed by atoms with Crippen molar-refractivity contribution < 1.29 is 14.3 Å². The lowest BCUT2D eigenvalue weighted by molar-refractivity contribution is 0.0824. The van der Waals surface area contributed by atoms with E-state index in [1.807, 2.05) is 59.6 Å². The maximum absolute atomic E-state index is 12.6. The molecule has 1 N–H and O–H groups in total. The highest BCUT2D eigenvalue weighted by Gasteiger charge is 2.26. The van der Waals surface area contributed by atoms with Gasteiger partial charge in [-0.3, -0.25) is 9.59 Å². The molecule has 0 atom stereocenters. The topological polar surface area (TPSA) is 81.4 Å². The van der Waals surface area contributed by atoms with Crippen molar-refractivity contribution in [3.05, 3.63) is 65.9 Å². The average Bonchev–Trinajstić information content (AvgIpc) is 3.29. The molecule has 4 aromatic rings. The van der Waals surface area contributed by atoms with E-state index >= 15 is 0 Å². The summed E-state index contributed by atoms with van der Waals surface area (Å²) in [5.74, 6) is 0.802. The summed E-state index contributed by atoms with van der Waals surface area (Å²) in [5.41, 5.74) is 4.02. The minimum atomic E-state index is -0.183. The maximum Gasteiger partial charge on any atom is 0.258 e. The number of imidazole rings is 1. The predicted octanol–water partition coefficient (Wildman–Crippen LogP) is 3.54. The van der Waals surface area contributed by atoms with Gasteiger partial charge < -0.3 is 24.1 Å². The van der Waals surface area contributed by atoms with Gasteiger partial charge in [0, 0.05) is 45.6 Å². The second-order valence-corrected chi connectivity index (χ2v) is 7.75. The Morgan fingerprint density at radius 1 is 1.06 bits per heavy atom. The molecule has 0 aliphatic heterocycles. The molecule has 0 saturated carbocycles. The molecule has 0 bridgehead atoms. The highest BCUT2D eigenvalue weighted by molar-refractivity contribution is 6.05. The zero-order valence-electron chi connectivity index (χ0n) is 18.7. The second kappa shape index (κ2) is 8.22. The number of carbonyl (C=O) groups excluding carboxylic acids is 2. The van der Waals surface area contributed by atoms with Gasteiger partial charge >= 0.3 is 0 Å². The molecule has 8 heteroatoms. The average molecular weight is 431 g/mol. The number of nitrogens with zero attached hydrogens (tertiary/aromatic N) is 4. The van der Waals surface area contributed by atoms with Gasteiger partial charge in [-0.25, -0.2) is 4.98 Å². The summed E-state index contributed by atoms with van der Waals surface area (Å²) < 4.78 is 9.41. The number of amides is 2. The first-order chi connectivity index (χ1) is 15.3. The molecule has 0 unspecified atom stereocenters. The van der Waals surface area contributed by atoms with Crippen LogP contribution in [0.1, 0.15) is 20.7 Å². The van der Waals surface area contributed by atoms with Gasteiger partial charge in [-0.1, -0.05) is 18.2 Å². The number of fused-ring (bicyclic) bond motifs is 1. The van der Waals surface area contributed by atoms with Crippen LogP contribution in [0.2, 0.25) is 0 Å². The number of aryl methyl sites for hydroxylation is 2. The van der Waals surface area contributed by atoms with E-state index in [9.17, 15) is 9.59 Å². The molecule has 0 aliphatic carbocycles. The molecule has 0 saturated heterocycles. The fraction of sp³-hybridized carbons (Fsp3) is 0.208. The third-order valence-electron chi connectivity index (χ3n) is 5.36. The van der Waals surface area contributed by atoms with Crippen LogP contribution in [0.4, 0.5) is 5.69 Å². The predicted molar refractivity (Wildman–Crippen MR) is 124 cm³/mol. The number of hydrogen-bond acceptors (Lipinski definition) is 4. The van der Waals surface area contributed by atoms with E-state index < -0.39 is 0 Å². The largest absolute Gasteiger partial charge is 0.494 e. The minimum Gasteiger partial charge on any atom is -0.494 e. The van der Waals surface area contributed by atoms with Crippen molar-refractivity contribution in [2.75, 3.05) is 26.5 Å². The summed E-state index contributed by atoms with van der Waals surface area (Å²) >= 11 is 0. The molecule has 0 radical (unpaired) electrons. The molecule has 8 nitrogen and oxygen atoms in total. The Balaban J connectivity index is 1.75. The van der Waals surface area contributed by atoms with Crippen LogP contribution in [0.5, 0.6) is 5.75 Å². The van der Waals surface area contributed by atoms with Crippen LogP contribution in [0.15, 0.2) is 54.7 Å². The standard InChI is InChI=1S/C24H25N5O3/c1-27(2)24(31)17-14-28(3)20(21(17)32-5)22-26-18-13-16(11-12-19(18)29(22)4)25-23(30)15-9-7-6-8-10-15/h6-14H,1-5H3,(H,25,30). The van der Waals surface area contributed by atoms with E-state index in [1.54, 1.807) is 39.5 Å². The molecular weight excluding hydrogens is 406 g/mol. The third kappa shape index (κ3) is 3.60. The fourth-order valence-corrected chi connectivity index (χ4v) is 3.75. The van der Waals surface area contributed by atoms with E-state index in [4.69, 9.17) is 9.72 Å². The third-order valence-corrected chi connectivity index (χ3v) is 5.36. The number of hydrogen-bond donors (Lipinski definition) is 1. The fourth-order valence-electron chi connectivity index (χ4n) is 3.75. The molecule has 0 fully saturated rings. The zero-order chi connectivity index (χ0) is 23.0. The molecule has 0 aliphatic rings. The Morgan fingerprint density at radius 2 is 1.78 bits per heavy atom. The number of rotatable bonds is 5. The van der Waals surface area contributed by atoms with Gasteiger partial charge in [0.2, 0.25) is 0 Å². The number of aromatic nitrogens is 3. The normalized spacial score (nSPS) is 10.9. The number of methoxy groups -OCH3 is 1. The van der Waals surface area contributed by atoms with Crippen LogP contribution in [0.25, 0.3) is 22.6 Å². The smallest absolute Gasteiger partial charge is 0.258 e. The minimum absolute atomic E-state index is 0.145. The summed E-state index contributed by atoms with van der Waals surface area (Å²) in [7, 11) is 8.72. The second-order valence-electron chi connectivity index (χ2n) is 7.75. The highest BCUT2D eigenvalue weighted by Crippen LogP contribution is 2.36. The number of benzene rings is 2. The Morgan fingerprint density at radius 3 is 2.44 bits per heavy atom. The summed E-state index contributed by atoms with van der Waals surface area (Å²) in [6, 6.07) is 14.6. The van der Waals surface area contributed by atoms with Gasteiger partial charge in [0.05, 0.1) is 23.7 Å². The maximum atomic E-state index is 12.6. The summed E-state index contributed by atoms with van der Waals surface area (Å²) in [5, 5.41) is 2.92. The molecule has 2 heterocycles. The van der Waals surface area contributed by atoms with Crippen LogP contribution < -0.4 is 10.1 Å². The van der Waals surface area contributed by atoms with Crippen molar-refractivity contribution in [3.8, 4) is 17.3 Å². The van der Waals surface area contributed by atoms with Crippen LogP contribution in [-0.4, -0.2) is 52.0 Å². The van der Waals surface area contributed by atoms with Crippen molar-refractivity contribution in [1.29, 1.82) is 0 Å². The SMILES string of the molecule is COc1c(C(=O)N(C)C)cn(C)c1-c1nc2cc(NC(=O)c3ccccc3)ccc2n1C. The van der Waals surface area contributed by atoms with Crippen LogP contribution >= 0.6 is 0 Å². The first-order valence-electron chi connectivity index (χ1n) is 10.1. The highest BCUT2D eigenvalue weighted by atomic mass is 16.5. The van der Waals surface area contributed by atoms with E-state index in [1.165, 1.54) is 4.90 Å². The number of carbonyl (C=O) groups is 2. The van der Waals surface area contributed by atoms with Gasteiger partial charge in [-0.05, 0) is 30.3 Å². The summed E-state index contributed by atoms with van der Waals surface area (Å²) in [4.78, 5) is 31.4. The molecular formula is C24H25N5O3. The van der Waals surface area contributed by atoms with Gasteiger partial charge in [0.25, 0.3) is 11.8 Å². The molecule has 32 heavy (non-hydrogen) atoms. The number of ether oxygens (including phenoxy) is 1. The Hall–Kier alpha value is -4.07. The first kappa shape index (κ1) is 21.2. The van der Waals surface area contributed by atoms with E-state index in [2.05, 4.69) is 5.32 Å². The molecule has 164 valence electrons. The van der Waals surface area contributed by atoms with Gasteiger partial charge in [-0.15, -0.1) is 0 Å². The first-order valence-corrected chi connectivity index (χ1v) is 10.1. The number of nitrogens with one attached hydrogen (secondary N) is 1. The molecule has 2 aromatic heterocycles. The van der Waals surface area contributed by atoms with Crippen molar-refractivity contribution in [2.24, 2.45) is 14.1 Å². The quantitative estimate of drug-likeness (QED) is 0.524. The lowest BCUT2D eigenvalue weighted by Gasteiger charge is -2.11. The lowest BCUT2D eigenvalue weighted by Crippen LogP contribution is -2.21. The van der Waals surface area contributed by atoms with E-state index in [-0.39, 0.29) is 11.8 Å². The van der Waals surface area contributed by atoms with Crippen molar-refractivity contribution in [1.82, 2.24) is 19.0 Å². The number of anilines is 1. The van der Waals surface area contributed by atoms with Crippen LogP contribution in [-0.2, 0) is 14.1 Å². The Kier molecular flexibility index (Phi) is 5.44.